The zero-order chi connectivity index (χ0) is 42.3. The van der Waals surface area contributed by atoms with Crippen molar-refractivity contribution in [2.45, 2.75) is 264 Å². The Morgan fingerprint density at radius 1 is 0.362 bits per heavy atom. The summed E-state index contributed by atoms with van der Waals surface area (Å²) in [4.78, 5) is 37.9. The van der Waals surface area contributed by atoms with Gasteiger partial charge in [0.2, 0.25) is 0 Å². The predicted molar refractivity (Wildman–Crippen MR) is 247 cm³/mol. The second-order valence-corrected chi connectivity index (χ2v) is 16.7. The maximum absolute atomic E-state index is 12.8. The number of rotatable bonds is 45. The van der Waals surface area contributed by atoms with Gasteiger partial charge < -0.3 is 14.2 Å². The van der Waals surface area contributed by atoms with Crippen LogP contribution in [0.15, 0.2) is 36.5 Å². The van der Waals surface area contributed by atoms with Gasteiger partial charge in [-0.05, 0) is 51.4 Å². The summed E-state index contributed by atoms with van der Waals surface area (Å²) < 4.78 is 16.8. The van der Waals surface area contributed by atoms with Crippen molar-refractivity contribution in [3.05, 3.63) is 36.5 Å². The van der Waals surface area contributed by atoms with Crippen LogP contribution < -0.4 is 0 Å². The average Bonchev–Trinajstić information content (AvgIpc) is 3.22. The molecule has 0 saturated heterocycles. The van der Waals surface area contributed by atoms with E-state index in [2.05, 4.69) is 57.2 Å². The van der Waals surface area contributed by atoms with Gasteiger partial charge in [0, 0.05) is 19.3 Å². The minimum atomic E-state index is -0.772. The number of unbranched alkanes of at least 4 members (excludes halogenated alkanes) is 28. The topological polar surface area (TPSA) is 78.9 Å². The second kappa shape index (κ2) is 47.3. The van der Waals surface area contributed by atoms with Crippen LogP contribution in [0.5, 0.6) is 0 Å². The largest absolute Gasteiger partial charge is 0.462 e. The Bertz CT molecular complexity index is 984. The zero-order valence-electron chi connectivity index (χ0n) is 38.6. The van der Waals surface area contributed by atoms with E-state index in [1.165, 1.54) is 122 Å². The van der Waals surface area contributed by atoms with Crippen molar-refractivity contribution >= 4 is 17.9 Å². The van der Waals surface area contributed by atoms with E-state index in [4.69, 9.17) is 14.2 Å². The van der Waals surface area contributed by atoms with Gasteiger partial charge in [0.15, 0.2) is 6.10 Å². The van der Waals surface area contributed by atoms with Crippen LogP contribution in [0.3, 0.4) is 0 Å². The normalized spacial score (nSPS) is 12.3. The highest BCUT2D eigenvalue weighted by atomic mass is 16.6. The monoisotopic (exact) mass is 815 g/mol. The van der Waals surface area contributed by atoms with Crippen LogP contribution in [0.2, 0.25) is 0 Å². The standard InChI is InChI=1S/C52H94O6/c1-4-7-10-13-16-19-22-25-26-28-30-33-36-39-42-45-51(54)57-48-49(47-56-50(53)44-41-38-35-32-29-24-21-18-15-12-9-6-3)58-52(55)46-43-40-37-34-31-27-23-20-17-14-11-8-5-2/h7,10,16,19,25-26,49H,4-6,8-9,11-15,17-18,20-24,27-48H2,1-3H3/b10-7-,19-16-,26-25-/t49-/m0/s1. The molecule has 338 valence electrons. The van der Waals surface area contributed by atoms with Gasteiger partial charge in [-0.3, -0.25) is 14.4 Å². The van der Waals surface area contributed by atoms with Gasteiger partial charge in [0.05, 0.1) is 0 Å². The number of hydrogen-bond acceptors (Lipinski definition) is 6. The average molecular weight is 815 g/mol. The van der Waals surface area contributed by atoms with E-state index in [0.29, 0.717) is 19.3 Å². The molecule has 6 heteroatoms. The summed E-state index contributed by atoms with van der Waals surface area (Å²) in [5, 5.41) is 0. The van der Waals surface area contributed by atoms with Gasteiger partial charge in [-0.2, -0.15) is 0 Å². The van der Waals surface area contributed by atoms with Gasteiger partial charge in [-0.15, -0.1) is 0 Å². The minimum Gasteiger partial charge on any atom is -0.462 e. The summed E-state index contributed by atoms with van der Waals surface area (Å²) in [5.74, 6) is -0.882. The molecule has 0 N–H and O–H groups in total. The predicted octanol–water partition coefficient (Wildman–Crippen LogP) is 16.1. The highest BCUT2D eigenvalue weighted by Crippen LogP contribution is 2.15. The third kappa shape index (κ3) is 44.7. The fraction of sp³-hybridized carbons (Fsp3) is 0.827. The lowest BCUT2D eigenvalue weighted by molar-refractivity contribution is -0.167. The Kier molecular flexibility index (Phi) is 45.4. The zero-order valence-corrected chi connectivity index (χ0v) is 38.6. The fourth-order valence-corrected chi connectivity index (χ4v) is 7.16. The van der Waals surface area contributed by atoms with E-state index in [0.717, 1.165) is 96.3 Å². The van der Waals surface area contributed by atoms with Crippen LogP contribution >= 0.6 is 0 Å². The molecule has 0 aromatic rings. The van der Waals surface area contributed by atoms with Crippen molar-refractivity contribution in [1.82, 2.24) is 0 Å². The molecule has 0 fully saturated rings. The van der Waals surface area contributed by atoms with Crippen LogP contribution in [-0.2, 0) is 28.6 Å². The maximum atomic E-state index is 12.8. The highest BCUT2D eigenvalue weighted by molar-refractivity contribution is 5.71. The molecule has 6 nitrogen and oxygen atoms in total. The van der Waals surface area contributed by atoms with E-state index in [1.54, 1.807) is 0 Å². The summed E-state index contributed by atoms with van der Waals surface area (Å²) in [7, 11) is 0. The molecule has 0 saturated carbocycles. The molecule has 0 unspecified atom stereocenters. The molecule has 1 atom stereocenters. The molecule has 0 amide bonds. The Morgan fingerprint density at radius 3 is 1.05 bits per heavy atom. The molecule has 0 aromatic carbocycles. The first kappa shape index (κ1) is 55.6. The number of allylic oxidation sites excluding steroid dienone is 6. The number of carbonyl (C=O) groups excluding carboxylic acids is 3. The Morgan fingerprint density at radius 2 is 0.672 bits per heavy atom. The molecule has 0 aromatic heterocycles. The van der Waals surface area contributed by atoms with E-state index >= 15 is 0 Å². The van der Waals surface area contributed by atoms with Crippen LogP contribution in [0.1, 0.15) is 258 Å². The molecule has 0 radical (unpaired) electrons. The van der Waals surface area contributed by atoms with Crippen molar-refractivity contribution in [3.63, 3.8) is 0 Å². The Balaban J connectivity index is 4.37. The molecule has 0 aliphatic carbocycles. The van der Waals surface area contributed by atoms with Crippen LogP contribution in [0, 0.1) is 0 Å². The third-order valence-corrected chi connectivity index (χ3v) is 10.9. The molecule has 0 bridgehead atoms. The quantitative estimate of drug-likeness (QED) is 0.0264. The van der Waals surface area contributed by atoms with Gasteiger partial charge >= 0.3 is 17.9 Å². The summed E-state index contributed by atoms with van der Waals surface area (Å²) in [6.07, 6.45) is 54.1. The second-order valence-electron chi connectivity index (χ2n) is 16.7. The van der Waals surface area contributed by atoms with E-state index < -0.39 is 6.10 Å². The van der Waals surface area contributed by atoms with Gasteiger partial charge in [-0.25, -0.2) is 0 Å². The smallest absolute Gasteiger partial charge is 0.306 e. The van der Waals surface area contributed by atoms with Crippen molar-refractivity contribution < 1.29 is 28.6 Å². The van der Waals surface area contributed by atoms with Crippen molar-refractivity contribution in [3.8, 4) is 0 Å². The summed E-state index contributed by atoms with van der Waals surface area (Å²) in [6, 6.07) is 0. The molecule has 0 rings (SSSR count). The Labute approximate surface area is 359 Å². The molecule has 0 aliphatic heterocycles. The lowest BCUT2D eigenvalue weighted by Gasteiger charge is -2.18. The third-order valence-electron chi connectivity index (χ3n) is 10.9. The van der Waals surface area contributed by atoms with E-state index in [1.807, 2.05) is 0 Å². The summed E-state index contributed by atoms with van der Waals surface area (Å²) in [5.41, 5.74) is 0. The van der Waals surface area contributed by atoms with Crippen LogP contribution in [0.25, 0.3) is 0 Å². The van der Waals surface area contributed by atoms with Crippen molar-refractivity contribution in [2.24, 2.45) is 0 Å². The first-order valence-electron chi connectivity index (χ1n) is 25.0. The van der Waals surface area contributed by atoms with Crippen molar-refractivity contribution in [1.29, 1.82) is 0 Å². The lowest BCUT2D eigenvalue weighted by atomic mass is 10.0. The molecular formula is C52H94O6. The summed E-state index contributed by atoms with van der Waals surface area (Å²) in [6.45, 7) is 6.52. The summed E-state index contributed by atoms with van der Waals surface area (Å²) >= 11 is 0. The number of esters is 3. The fourth-order valence-electron chi connectivity index (χ4n) is 7.16. The van der Waals surface area contributed by atoms with Crippen molar-refractivity contribution in [2.75, 3.05) is 13.2 Å². The molecular weight excluding hydrogens is 721 g/mol. The van der Waals surface area contributed by atoms with Gasteiger partial charge in [0.25, 0.3) is 0 Å². The SMILES string of the molecule is CC/C=C\C/C=C\C/C=C\CCCCCCCC(=O)OC[C@H](COC(=O)CCCCCCCCCCCCCC)OC(=O)CCCCCCCCCCCCCCC. The number of hydrogen-bond donors (Lipinski definition) is 0. The first-order chi connectivity index (χ1) is 28.5. The lowest BCUT2D eigenvalue weighted by Crippen LogP contribution is -2.30. The number of ether oxygens (including phenoxy) is 3. The Hall–Kier alpha value is -2.37. The van der Waals surface area contributed by atoms with Gasteiger partial charge in [-0.1, -0.05) is 224 Å². The van der Waals surface area contributed by atoms with Crippen LogP contribution in [-0.4, -0.2) is 37.2 Å². The maximum Gasteiger partial charge on any atom is 0.306 e. The molecule has 0 aliphatic rings. The molecule has 0 spiro atoms. The minimum absolute atomic E-state index is 0.0737. The highest BCUT2D eigenvalue weighted by Gasteiger charge is 2.19. The van der Waals surface area contributed by atoms with Crippen LogP contribution in [0.4, 0.5) is 0 Å². The number of carbonyl (C=O) groups is 3. The van der Waals surface area contributed by atoms with Gasteiger partial charge in [0.1, 0.15) is 13.2 Å². The van der Waals surface area contributed by atoms with E-state index in [-0.39, 0.29) is 31.1 Å². The molecule has 0 heterocycles. The first-order valence-corrected chi connectivity index (χ1v) is 25.0. The van der Waals surface area contributed by atoms with E-state index in [9.17, 15) is 14.4 Å². The molecule has 58 heavy (non-hydrogen) atoms.